The maximum absolute atomic E-state index is 11.9. The zero-order chi connectivity index (χ0) is 11.5. The van der Waals surface area contributed by atoms with Crippen LogP contribution in [0.15, 0.2) is 24.3 Å². The van der Waals surface area contributed by atoms with Crippen LogP contribution in [0.25, 0.3) is 0 Å². The summed E-state index contributed by atoms with van der Waals surface area (Å²) in [6.45, 7) is 4.84. The van der Waals surface area contributed by atoms with Crippen LogP contribution in [0.4, 0.5) is 0 Å². The molecule has 3 nitrogen and oxygen atoms in total. The summed E-state index contributed by atoms with van der Waals surface area (Å²) >= 11 is 0. The van der Waals surface area contributed by atoms with E-state index in [4.69, 9.17) is 4.74 Å². The first-order valence-electron chi connectivity index (χ1n) is 5.69. The molecule has 1 aromatic carbocycles. The Morgan fingerprint density at radius 2 is 2.19 bits per heavy atom. The maximum atomic E-state index is 11.9. The van der Waals surface area contributed by atoms with Crippen molar-refractivity contribution >= 4 is 5.91 Å². The van der Waals surface area contributed by atoms with Crippen LogP contribution in [0.3, 0.4) is 0 Å². The number of para-hydroxylation sites is 1. The lowest BCUT2D eigenvalue weighted by Gasteiger charge is -2.17. The molecule has 0 saturated heterocycles. The first-order valence-corrected chi connectivity index (χ1v) is 5.69. The van der Waals surface area contributed by atoms with Gasteiger partial charge in [0, 0.05) is 0 Å². The molecule has 0 aromatic heterocycles. The van der Waals surface area contributed by atoms with Gasteiger partial charge in [-0.1, -0.05) is 26.0 Å². The molecular formula is C13H17NO2. The number of hydrogen-bond donors (Lipinski definition) is 1. The molecule has 1 N–H and O–H groups in total. The highest BCUT2D eigenvalue weighted by Crippen LogP contribution is 2.21. The summed E-state index contributed by atoms with van der Waals surface area (Å²) in [5.41, 5.74) is 0.633. The minimum Gasteiger partial charge on any atom is -0.491 e. The van der Waals surface area contributed by atoms with Crippen LogP contribution in [-0.2, 0) is 0 Å². The lowest BCUT2D eigenvalue weighted by molar-refractivity contribution is 0.0933. The molecule has 1 aliphatic heterocycles. The molecule has 1 atom stereocenters. The van der Waals surface area contributed by atoms with Gasteiger partial charge in [-0.2, -0.15) is 0 Å². The summed E-state index contributed by atoms with van der Waals surface area (Å²) < 4.78 is 5.65. The smallest absolute Gasteiger partial charge is 0.255 e. The summed E-state index contributed by atoms with van der Waals surface area (Å²) in [6, 6.07) is 7.48. The Hall–Kier alpha value is -1.51. The van der Waals surface area contributed by atoms with Gasteiger partial charge in [0.1, 0.15) is 12.4 Å². The summed E-state index contributed by atoms with van der Waals surface area (Å²) in [6.07, 6.45) is 0.944. The molecule has 16 heavy (non-hydrogen) atoms. The lowest BCUT2D eigenvalue weighted by Crippen LogP contribution is -2.37. The molecule has 0 fully saturated rings. The molecule has 0 aliphatic carbocycles. The first-order chi connectivity index (χ1) is 7.66. The van der Waals surface area contributed by atoms with Gasteiger partial charge in [0.05, 0.1) is 11.6 Å². The fraction of sp³-hybridized carbons (Fsp3) is 0.462. The molecule has 1 aliphatic rings. The van der Waals surface area contributed by atoms with E-state index in [1.165, 1.54) is 0 Å². The van der Waals surface area contributed by atoms with Crippen molar-refractivity contribution in [1.29, 1.82) is 0 Å². The molecule has 86 valence electrons. The number of benzene rings is 1. The van der Waals surface area contributed by atoms with Gasteiger partial charge in [-0.15, -0.1) is 0 Å². The van der Waals surface area contributed by atoms with Crippen molar-refractivity contribution in [2.45, 2.75) is 26.3 Å². The third-order valence-corrected chi connectivity index (χ3v) is 2.66. The maximum Gasteiger partial charge on any atom is 0.255 e. The number of carbonyl (C=O) groups excluding carboxylic acids is 1. The lowest BCUT2D eigenvalue weighted by atomic mass is 10.0. The second-order valence-corrected chi connectivity index (χ2v) is 4.61. The molecule has 2 rings (SSSR count). The van der Waals surface area contributed by atoms with Gasteiger partial charge in [0.25, 0.3) is 5.91 Å². The van der Waals surface area contributed by atoms with Gasteiger partial charge in [-0.05, 0) is 24.5 Å². The monoisotopic (exact) mass is 219 g/mol. The number of amides is 1. The molecular weight excluding hydrogens is 202 g/mol. The molecule has 0 unspecified atom stereocenters. The highest BCUT2D eigenvalue weighted by atomic mass is 16.5. The average molecular weight is 219 g/mol. The molecule has 1 aromatic rings. The van der Waals surface area contributed by atoms with Crippen molar-refractivity contribution < 1.29 is 9.53 Å². The van der Waals surface area contributed by atoms with Crippen molar-refractivity contribution in [1.82, 2.24) is 5.32 Å². The van der Waals surface area contributed by atoms with Crippen LogP contribution in [0, 0.1) is 5.92 Å². The van der Waals surface area contributed by atoms with Crippen LogP contribution in [0.2, 0.25) is 0 Å². The van der Waals surface area contributed by atoms with Gasteiger partial charge < -0.3 is 10.1 Å². The fourth-order valence-electron chi connectivity index (χ4n) is 1.97. The van der Waals surface area contributed by atoms with Crippen molar-refractivity contribution in [3.63, 3.8) is 0 Å². The molecule has 0 spiro atoms. The summed E-state index contributed by atoms with van der Waals surface area (Å²) in [5, 5.41) is 3.00. The van der Waals surface area contributed by atoms with Gasteiger partial charge >= 0.3 is 0 Å². The Bertz CT molecular complexity index is 387. The molecule has 1 heterocycles. The van der Waals surface area contributed by atoms with E-state index in [1.54, 1.807) is 6.07 Å². The Morgan fingerprint density at radius 3 is 2.94 bits per heavy atom. The van der Waals surface area contributed by atoms with Crippen LogP contribution < -0.4 is 10.1 Å². The third-order valence-electron chi connectivity index (χ3n) is 2.66. The Balaban J connectivity index is 2.16. The quantitative estimate of drug-likeness (QED) is 0.828. The topological polar surface area (TPSA) is 38.3 Å². The first kappa shape index (κ1) is 11.0. The number of ether oxygens (including phenoxy) is 1. The zero-order valence-corrected chi connectivity index (χ0v) is 9.69. The largest absolute Gasteiger partial charge is 0.491 e. The van der Waals surface area contributed by atoms with Crippen LogP contribution in [0.5, 0.6) is 5.75 Å². The summed E-state index contributed by atoms with van der Waals surface area (Å²) in [5.74, 6) is 1.21. The van der Waals surface area contributed by atoms with E-state index < -0.39 is 0 Å². The number of hydrogen-bond acceptors (Lipinski definition) is 2. The van der Waals surface area contributed by atoms with E-state index >= 15 is 0 Å². The Kier molecular flexibility index (Phi) is 3.13. The van der Waals surface area contributed by atoms with E-state index in [-0.39, 0.29) is 11.9 Å². The number of nitrogens with one attached hydrogen (secondary N) is 1. The van der Waals surface area contributed by atoms with E-state index in [0.717, 1.165) is 6.42 Å². The van der Waals surface area contributed by atoms with E-state index in [0.29, 0.717) is 23.8 Å². The SMILES string of the molecule is CC(C)C[C@H]1COc2ccccc2C(=O)N1. The number of rotatable bonds is 2. The Labute approximate surface area is 95.8 Å². The predicted octanol–water partition coefficient (Wildman–Crippen LogP) is 2.22. The highest BCUT2D eigenvalue weighted by Gasteiger charge is 2.22. The zero-order valence-electron chi connectivity index (χ0n) is 9.69. The van der Waals surface area contributed by atoms with E-state index in [9.17, 15) is 4.79 Å². The normalized spacial score (nSPS) is 19.7. The molecule has 3 heteroatoms. The van der Waals surface area contributed by atoms with E-state index in [2.05, 4.69) is 19.2 Å². The number of carbonyl (C=O) groups is 1. The van der Waals surface area contributed by atoms with Crippen molar-refractivity contribution in [3.05, 3.63) is 29.8 Å². The van der Waals surface area contributed by atoms with Crippen molar-refractivity contribution in [2.75, 3.05) is 6.61 Å². The standard InChI is InChI=1S/C13H17NO2/c1-9(2)7-10-8-16-12-6-4-3-5-11(12)13(15)14-10/h3-6,9-10H,7-8H2,1-2H3,(H,14,15)/t10-/m0/s1. The van der Waals surface area contributed by atoms with Crippen molar-refractivity contribution in [3.8, 4) is 5.75 Å². The summed E-state index contributed by atoms with van der Waals surface area (Å²) in [7, 11) is 0. The average Bonchev–Trinajstić information content (AvgIpc) is 2.39. The van der Waals surface area contributed by atoms with Gasteiger partial charge in [0.2, 0.25) is 0 Å². The predicted molar refractivity (Wildman–Crippen MR) is 62.6 cm³/mol. The number of fused-ring (bicyclic) bond motifs is 1. The van der Waals surface area contributed by atoms with E-state index in [1.807, 2.05) is 18.2 Å². The molecule has 1 amide bonds. The molecule has 0 radical (unpaired) electrons. The highest BCUT2D eigenvalue weighted by molar-refractivity contribution is 5.97. The molecule has 0 bridgehead atoms. The van der Waals surface area contributed by atoms with Crippen molar-refractivity contribution in [2.24, 2.45) is 5.92 Å². The summed E-state index contributed by atoms with van der Waals surface area (Å²) in [4.78, 5) is 11.9. The second kappa shape index (κ2) is 4.56. The minimum absolute atomic E-state index is 0.0289. The van der Waals surface area contributed by atoms with Crippen LogP contribution >= 0.6 is 0 Å². The van der Waals surface area contributed by atoms with Gasteiger partial charge in [-0.3, -0.25) is 4.79 Å². The van der Waals surface area contributed by atoms with Crippen LogP contribution in [-0.4, -0.2) is 18.6 Å². The fourth-order valence-corrected chi connectivity index (χ4v) is 1.97. The second-order valence-electron chi connectivity index (χ2n) is 4.61. The van der Waals surface area contributed by atoms with Gasteiger partial charge in [0.15, 0.2) is 0 Å². The minimum atomic E-state index is -0.0289. The third kappa shape index (κ3) is 2.35. The molecule has 0 saturated carbocycles. The van der Waals surface area contributed by atoms with Crippen LogP contribution in [0.1, 0.15) is 30.6 Å². The Morgan fingerprint density at radius 1 is 1.44 bits per heavy atom. The van der Waals surface area contributed by atoms with Gasteiger partial charge in [-0.25, -0.2) is 0 Å².